The van der Waals surface area contributed by atoms with Crippen molar-refractivity contribution in [2.45, 2.75) is 65.2 Å². The predicted octanol–water partition coefficient (Wildman–Crippen LogP) is 7.77. The monoisotopic (exact) mass is 485 g/mol. The first-order chi connectivity index (χ1) is 16.9. The van der Waals surface area contributed by atoms with E-state index in [0.717, 1.165) is 53.0 Å². The molecule has 1 aliphatic heterocycles. The summed E-state index contributed by atoms with van der Waals surface area (Å²) in [4.78, 5) is 15.4. The Labute approximate surface area is 214 Å². The van der Waals surface area contributed by atoms with E-state index in [0.29, 0.717) is 5.57 Å². The Morgan fingerprint density at radius 2 is 1.89 bits per heavy atom. The van der Waals surface area contributed by atoms with Crippen LogP contribution in [0.4, 0.5) is 10.1 Å². The minimum Gasteiger partial charge on any atom is -0.506 e. The number of anilines is 1. The lowest BCUT2D eigenvalue weighted by molar-refractivity contribution is -0.113. The fourth-order valence-corrected chi connectivity index (χ4v) is 5.31. The second-order valence-electron chi connectivity index (χ2n) is 10.9. The lowest BCUT2D eigenvalue weighted by atomic mass is 9.74. The Morgan fingerprint density at radius 3 is 2.53 bits per heavy atom. The molecule has 0 spiro atoms. The number of aliphatic hydroxyl groups is 1. The molecule has 1 aliphatic carbocycles. The van der Waals surface area contributed by atoms with Crippen molar-refractivity contribution in [3.05, 3.63) is 112 Å². The van der Waals surface area contributed by atoms with Gasteiger partial charge in [0.15, 0.2) is 0 Å². The van der Waals surface area contributed by atoms with Crippen molar-refractivity contribution in [2.24, 2.45) is 0 Å². The van der Waals surface area contributed by atoms with E-state index < -0.39 is 10.8 Å². The molecule has 0 saturated heterocycles. The molecule has 1 N–H and O–H groups in total. The van der Waals surface area contributed by atoms with E-state index in [1.807, 2.05) is 32.0 Å². The Hall–Kier alpha value is -3.40. The number of hydrogen-bond donors (Lipinski definition) is 1. The molecule has 0 radical (unpaired) electrons. The highest BCUT2D eigenvalue weighted by atomic mass is 19.1. The second kappa shape index (κ2) is 9.24. The normalized spacial score (nSPS) is 19.2. The lowest BCUT2D eigenvalue weighted by Gasteiger charge is -2.31. The number of fused-ring (bicyclic) bond motifs is 1. The molecule has 36 heavy (non-hydrogen) atoms. The van der Waals surface area contributed by atoms with Gasteiger partial charge in [-0.2, -0.15) is 0 Å². The average molecular weight is 486 g/mol. The molecule has 0 amide bonds. The largest absolute Gasteiger partial charge is 0.506 e. The van der Waals surface area contributed by atoms with Crippen LogP contribution in [0.3, 0.4) is 0 Å². The van der Waals surface area contributed by atoms with E-state index in [2.05, 4.69) is 51.3 Å². The molecule has 2 aromatic carbocycles. The standard InChI is InChI=1S/C32H36FNO2/c1-8-9-16-34-27-15-14-22(33)18-26(27)32(6,7)28(34)19-24-29(35)23(30(24)36)17-21(3)31(4,5)25-13-11-10-12-20(25)2/h10-15,17-19,35H,3,8-9,16H2,1-2,4-7H3/b23-17+,28-19-. The van der Waals surface area contributed by atoms with Crippen LogP contribution in [0.15, 0.2) is 89.4 Å². The summed E-state index contributed by atoms with van der Waals surface area (Å²) in [5.74, 6) is -0.488. The van der Waals surface area contributed by atoms with E-state index in [-0.39, 0.29) is 22.9 Å². The summed E-state index contributed by atoms with van der Waals surface area (Å²) in [6.45, 7) is 17.4. The topological polar surface area (TPSA) is 40.5 Å². The summed E-state index contributed by atoms with van der Waals surface area (Å²) >= 11 is 0. The number of unbranched alkanes of at least 4 members (excludes halogenated alkanes) is 1. The van der Waals surface area contributed by atoms with E-state index in [1.165, 1.54) is 6.07 Å². The molecule has 0 atom stereocenters. The molecular weight excluding hydrogens is 449 g/mol. The highest BCUT2D eigenvalue weighted by Crippen LogP contribution is 2.49. The lowest BCUT2D eigenvalue weighted by Crippen LogP contribution is -2.30. The first kappa shape index (κ1) is 25.7. The van der Waals surface area contributed by atoms with Crippen molar-refractivity contribution in [3.8, 4) is 0 Å². The molecular formula is C32H36FNO2. The number of rotatable bonds is 7. The average Bonchev–Trinajstić information content (AvgIpc) is 3.04. The van der Waals surface area contributed by atoms with Gasteiger partial charge in [-0.3, -0.25) is 4.79 Å². The first-order valence-electron chi connectivity index (χ1n) is 12.7. The van der Waals surface area contributed by atoms with Crippen LogP contribution in [-0.2, 0) is 15.6 Å². The molecule has 0 unspecified atom stereocenters. The van der Waals surface area contributed by atoms with E-state index in [4.69, 9.17) is 0 Å². The molecule has 0 aromatic heterocycles. The van der Waals surface area contributed by atoms with Gasteiger partial charge in [0.1, 0.15) is 11.6 Å². The summed E-state index contributed by atoms with van der Waals surface area (Å²) in [5.41, 5.74) is 5.45. The summed E-state index contributed by atoms with van der Waals surface area (Å²) in [6.07, 6.45) is 5.48. The number of hydrogen-bond acceptors (Lipinski definition) is 3. The third-order valence-electron chi connectivity index (χ3n) is 7.81. The summed E-state index contributed by atoms with van der Waals surface area (Å²) in [5, 5.41) is 11.0. The van der Waals surface area contributed by atoms with E-state index in [1.54, 1.807) is 18.2 Å². The van der Waals surface area contributed by atoms with Crippen LogP contribution < -0.4 is 4.90 Å². The molecule has 0 saturated carbocycles. The molecule has 3 nitrogen and oxygen atoms in total. The minimum absolute atomic E-state index is 0.0115. The van der Waals surface area contributed by atoms with Gasteiger partial charge < -0.3 is 10.0 Å². The third kappa shape index (κ3) is 4.13. The maximum atomic E-state index is 14.1. The van der Waals surface area contributed by atoms with Gasteiger partial charge in [-0.1, -0.05) is 71.9 Å². The van der Waals surface area contributed by atoms with Gasteiger partial charge in [0.2, 0.25) is 5.78 Å². The maximum absolute atomic E-state index is 14.1. The number of halogens is 1. The molecule has 4 heteroatoms. The number of aliphatic hydroxyl groups excluding tert-OH is 1. The third-order valence-corrected chi connectivity index (χ3v) is 7.81. The highest BCUT2D eigenvalue weighted by molar-refractivity contribution is 6.21. The van der Waals surface area contributed by atoms with Crippen LogP contribution in [0.2, 0.25) is 0 Å². The number of nitrogens with zero attached hydrogens (tertiary/aromatic N) is 1. The van der Waals surface area contributed by atoms with Crippen molar-refractivity contribution in [1.82, 2.24) is 0 Å². The Bertz CT molecular complexity index is 1340. The zero-order chi connectivity index (χ0) is 26.4. The number of benzene rings is 2. The summed E-state index contributed by atoms with van der Waals surface area (Å²) in [7, 11) is 0. The number of aryl methyl sites for hydroxylation is 1. The van der Waals surface area contributed by atoms with Gasteiger partial charge in [0, 0.05) is 28.8 Å². The molecule has 2 aliphatic rings. The molecule has 4 rings (SSSR count). The SMILES string of the molecule is C=C(/C=C1/C(=O)C(/C=C2\N(CCCC)c3ccc(F)cc3C2(C)C)=C1O)C(C)(C)c1ccccc1C. The quantitative estimate of drug-likeness (QED) is 0.407. The van der Waals surface area contributed by atoms with Crippen molar-refractivity contribution >= 4 is 11.5 Å². The van der Waals surface area contributed by atoms with Gasteiger partial charge >= 0.3 is 0 Å². The van der Waals surface area contributed by atoms with Crippen LogP contribution in [0, 0.1) is 12.7 Å². The summed E-state index contributed by atoms with van der Waals surface area (Å²) < 4.78 is 14.1. The molecule has 2 aromatic rings. The van der Waals surface area contributed by atoms with Crippen molar-refractivity contribution in [3.63, 3.8) is 0 Å². The van der Waals surface area contributed by atoms with Gasteiger partial charge in [0.05, 0.1) is 11.1 Å². The number of allylic oxidation sites excluding steroid dienone is 6. The van der Waals surface area contributed by atoms with Gasteiger partial charge in [-0.05, 0) is 66.0 Å². The van der Waals surface area contributed by atoms with Crippen LogP contribution >= 0.6 is 0 Å². The molecule has 0 fully saturated rings. The second-order valence-corrected chi connectivity index (χ2v) is 10.9. The minimum atomic E-state index is -0.505. The molecule has 0 bridgehead atoms. The fraction of sp³-hybridized carbons (Fsp3) is 0.344. The first-order valence-corrected chi connectivity index (χ1v) is 12.7. The van der Waals surface area contributed by atoms with E-state index >= 15 is 0 Å². The highest BCUT2D eigenvalue weighted by Gasteiger charge is 2.42. The predicted molar refractivity (Wildman–Crippen MR) is 146 cm³/mol. The summed E-state index contributed by atoms with van der Waals surface area (Å²) in [6, 6.07) is 13.0. The molecule has 1 heterocycles. The Balaban J connectivity index is 1.71. The number of carbonyl (C=O) groups excluding carboxylic acids is 1. The van der Waals surface area contributed by atoms with Gasteiger partial charge in [-0.15, -0.1) is 0 Å². The van der Waals surface area contributed by atoms with E-state index in [9.17, 15) is 14.3 Å². The van der Waals surface area contributed by atoms with Crippen molar-refractivity contribution in [2.75, 3.05) is 11.4 Å². The fourth-order valence-electron chi connectivity index (χ4n) is 5.31. The maximum Gasteiger partial charge on any atom is 0.200 e. The number of ketones is 1. The number of carbonyl (C=O) groups is 1. The van der Waals surface area contributed by atoms with Crippen LogP contribution in [0.25, 0.3) is 0 Å². The smallest absolute Gasteiger partial charge is 0.200 e. The van der Waals surface area contributed by atoms with Crippen LogP contribution in [0.1, 0.15) is 64.2 Å². The number of Topliss-reactive ketones (excluding diaryl/α,β-unsaturated/α-hetero) is 1. The Kier molecular flexibility index (Phi) is 6.59. The van der Waals surface area contributed by atoms with Crippen molar-refractivity contribution < 1.29 is 14.3 Å². The van der Waals surface area contributed by atoms with Gasteiger partial charge in [-0.25, -0.2) is 4.39 Å². The molecule has 188 valence electrons. The van der Waals surface area contributed by atoms with Crippen LogP contribution in [-0.4, -0.2) is 17.4 Å². The van der Waals surface area contributed by atoms with Crippen molar-refractivity contribution in [1.29, 1.82) is 0 Å². The zero-order valence-corrected chi connectivity index (χ0v) is 22.2. The Morgan fingerprint density at radius 1 is 1.19 bits per heavy atom. The zero-order valence-electron chi connectivity index (χ0n) is 22.2. The van der Waals surface area contributed by atoms with Gasteiger partial charge in [0.25, 0.3) is 0 Å². The van der Waals surface area contributed by atoms with Crippen LogP contribution in [0.5, 0.6) is 0 Å².